The summed E-state index contributed by atoms with van der Waals surface area (Å²) in [6.07, 6.45) is 0. The average molecular weight is 729 g/mol. The highest BCUT2D eigenvalue weighted by molar-refractivity contribution is 6.11. The maximum absolute atomic E-state index is 6.45. The van der Waals surface area contributed by atoms with Crippen LogP contribution in [0.1, 0.15) is 0 Å². The Hall–Kier alpha value is -7.62. The van der Waals surface area contributed by atoms with Gasteiger partial charge in [-0.15, -0.1) is 0 Å². The molecule has 0 saturated carbocycles. The molecule has 9 aromatic carbocycles. The molecular weight excluding hydrogens is 693 g/mol. The Morgan fingerprint density at radius 1 is 0.333 bits per heavy atom. The van der Waals surface area contributed by atoms with Gasteiger partial charge in [-0.3, -0.25) is 0 Å². The van der Waals surface area contributed by atoms with Gasteiger partial charge in [0.25, 0.3) is 0 Å². The van der Waals surface area contributed by atoms with Crippen LogP contribution in [0.25, 0.3) is 82.8 Å². The highest BCUT2D eigenvalue weighted by atomic mass is 16.3. The van der Waals surface area contributed by atoms with Gasteiger partial charge in [0.05, 0.1) is 22.4 Å². The fourth-order valence-electron chi connectivity index (χ4n) is 8.50. The number of fused-ring (bicyclic) bond motifs is 6. The molecule has 2 aromatic heterocycles. The molecule has 0 saturated heterocycles. The highest BCUT2D eigenvalue weighted by Gasteiger charge is 2.21. The summed E-state index contributed by atoms with van der Waals surface area (Å²) in [6.45, 7) is 0. The molecule has 0 atom stereocenters. The number of nitrogens with zero attached hydrogens (tertiary/aromatic N) is 2. The summed E-state index contributed by atoms with van der Waals surface area (Å²) in [5.74, 6) is 0. The van der Waals surface area contributed by atoms with Gasteiger partial charge >= 0.3 is 0 Å². The first-order valence-electron chi connectivity index (χ1n) is 19.4. The highest BCUT2D eigenvalue weighted by Crippen LogP contribution is 2.43. The predicted molar refractivity (Wildman–Crippen MR) is 239 cm³/mol. The van der Waals surface area contributed by atoms with Crippen LogP contribution in [0.4, 0.5) is 17.1 Å². The number of furan rings is 1. The molecule has 0 fully saturated rings. The number of hydrogen-bond acceptors (Lipinski definition) is 2. The number of rotatable bonds is 7. The van der Waals surface area contributed by atoms with E-state index in [2.05, 4.69) is 216 Å². The summed E-state index contributed by atoms with van der Waals surface area (Å²) < 4.78 is 8.85. The number of aromatic nitrogens is 1. The molecule has 0 bridgehead atoms. The first-order valence-corrected chi connectivity index (χ1v) is 19.4. The van der Waals surface area contributed by atoms with E-state index < -0.39 is 0 Å². The molecule has 57 heavy (non-hydrogen) atoms. The number of hydrogen-bond donors (Lipinski definition) is 0. The van der Waals surface area contributed by atoms with Gasteiger partial charge in [-0.25, -0.2) is 0 Å². The van der Waals surface area contributed by atoms with Crippen LogP contribution >= 0.6 is 0 Å². The van der Waals surface area contributed by atoms with Crippen molar-refractivity contribution in [3.8, 4) is 39.1 Å². The second-order valence-electron chi connectivity index (χ2n) is 14.5. The molecule has 0 radical (unpaired) electrons. The van der Waals surface area contributed by atoms with Crippen molar-refractivity contribution in [2.24, 2.45) is 0 Å². The van der Waals surface area contributed by atoms with E-state index in [4.69, 9.17) is 4.42 Å². The fourth-order valence-corrected chi connectivity index (χ4v) is 8.50. The van der Waals surface area contributed by atoms with Crippen LogP contribution in [0.5, 0.6) is 0 Å². The van der Waals surface area contributed by atoms with Crippen molar-refractivity contribution < 1.29 is 4.42 Å². The number of anilines is 3. The number of para-hydroxylation sites is 6. The molecule has 11 aromatic rings. The van der Waals surface area contributed by atoms with Crippen molar-refractivity contribution in [1.82, 2.24) is 4.57 Å². The standard InChI is InChI=1S/C54H36N2O/c1-2-13-37(14-3-1)38-25-27-39(28-26-38)40-29-33-42(34-30-40)55(43-35-31-41(32-36-43)44-18-12-19-48-47-17-6-11-24-53(47)57-54(44)48)51-22-9-10-23-52(51)56-49-20-7-4-15-45(49)46-16-5-8-21-50(46)56/h1-36H. The molecular formula is C54H36N2O. The quantitative estimate of drug-likeness (QED) is 0.163. The topological polar surface area (TPSA) is 21.3 Å². The third-order valence-corrected chi connectivity index (χ3v) is 11.2. The monoisotopic (exact) mass is 728 g/mol. The van der Waals surface area contributed by atoms with Gasteiger partial charge < -0.3 is 13.9 Å². The first kappa shape index (κ1) is 32.8. The lowest BCUT2D eigenvalue weighted by molar-refractivity contribution is 0.670. The van der Waals surface area contributed by atoms with Crippen LogP contribution < -0.4 is 4.90 Å². The summed E-state index contributed by atoms with van der Waals surface area (Å²) in [4.78, 5) is 2.38. The Balaban J connectivity index is 1.05. The molecule has 0 aliphatic heterocycles. The maximum Gasteiger partial charge on any atom is 0.143 e. The minimum Gasteiger partial charge on any atom is -0.455 e. The van der Waals surface area contributed by atoms with Gasteiger partial charge in [0.2, 0.25) is 0 Å². The fraction of sp³-hybridized carbons (Fsp3) is 0. The SMILES string of the molecule is c1ccc(-c2ccc(-c3ccc(N(c4ccc(-c5cccc6c5oc5ccccc56)cc4)c4ccccc4-n4c5ccccc5c5ccccc54)cc3)cc2)cc1. The molecule has 11 rings (SSSR count). The Bertz CT molecular complexity index is 3160. The van der Waals surface area contributed by atoms with Crippen molar-refractivity contribution in [3.05, 3.63) is 218 Å². The largest absolute Gasteiger partial charge is 0.455 e. The lowest BCUT2D eigenvalue weighted by atomic mass is 10.00. The van der Waals surface area contributed by atoms with E-state index in [1.165, 1.54) is 44.1 Å². The summed E-state index contributed by atoms with van der Waals surface area (Å²) >= 11 is 0. The minimum atomic E-state index is 0.903. The molecule has 268 valence electrons. The van der Waals surface area contributed by atoms with E-state index >= 15 is 0 Å². The van der Waals surface area contributed by atoms with E-state index in [1.54, 1.807) is 0 Å². The van der Waals surface area contributed by atoms with Gasteiger partial charge in [0, 0.05) is 38.5 Å². The third-order valence-electron chi connectivity index (χ3n) is 11.2. The average Bonchev–Trinajstić information content (AvgIpc) is 3.84. The van der Waals surface area contributed by atoms with Crippen molar-refractivity contribution in [2.75, 3.05) is 4.90 Å². The zero-order chi connectivity index (χ0) is 37.7. The molecule has 0 aliphatic rings. The number of benzene rings is 9. The van der Waals surface area contributed by atoms with Crippen LogP contribution in [-0.2, 0) is 0 Å². The van der Waals surface area contributed by atoms with Crippen molar-refractivity contribution in [2.45, 2.75) is 0 Å². The molecule has 3 nitrogen and oxygen atoms in total. The molecule has 2 heterocycles. The normalized spacial score (nSPS) is 11.5. The van der Waals surface area contributed by atoms with Crippen molar-refractivity contribution in [3.63, 3.8) is 0 Å². The lowest BCUT2D eigenvalue weighted by Gasteiger charge is -2.28. The van der Waals surface area contributed by atoms with Crippen LogP contribution in [0.15, 0.2) is 223 Å². The zero-order valence-electron chi connectivity index (χ0n) is 31.1. The molecule has 0 unspecified atom stereocenters. The molecule has 0 amide bonds. The van der Waals surface area contributed by atoms with Gasteiger partial charge in [-0.1, -0.05) is 164 Å². The second-order valence-corrected chi connectivity index (χ2v) is 14.5. The van der Waals surface area contributed by atoms with Gasteiger partial charge in [-0.2, -0.15) is 0 Å². The zero-order valence-corrected chi connectivity index (χ0v) is 31.1. The van der Waals surface area contributed by atoms with Gasteiger partial charge in [0.1, 0.15) is 11.2 Å². The van der Waals surface area contributed by atoms with Crippen molar-refractivity contribution in [1.29, 1.82) is 0 Å². The van der Waals surface area contributed by atoms with E-state index in [0.717, 1.165) is 55.8 Å². The Morgan fingerprint density at radius 3 is 1.46 bits per heavy atom. The third kappa shape index (κ3) is 5.60. The van der Waals surface area contributed by atoms with Gasteiger partial charge in [0.15, 0.2) is 0 Å². The Morgan fingerprint density at radius 2 is 0.807 bits per heavy atom. The van der Waals surface area contributed by atoms with E-state index in [-0.39, 0.29) is 0 Å². The van der Waals surface area contributed by atoms with Gasteiger partial charge in [-0.05, 0) is 82.4 Å². The van der Waals surface area contributed by atoms with Crippen LogP contribution in [0.3, 0.4) is 0 Å². The summed E-state index contributed by atoms with van der Waals surface area (Å²) in [6, 6.07) is 78.1. The molecule has 0 spiro atoms. The molecule has 0 aliphatic carbocycles. The predicted octanol–water partition coefficient (Wildman–Crippen LogP) is 15.2. The van der Waals surface area contributed by atoms with Crippen molar-refractivity contribution >= 4 is 60.8 Å². The van der Waals surface area contributed by atoms with E-state index in [9.17, 15) is 0 Å². The first-order chi connectivity index (χ1) is 28.3. The molecule has 3 heteroatoms. The Labute approximate surface area is 330 Å². The van der Waals surface area contributed by atoms with E-state index in [0.29, 0.717) is 0 Å². The maximum atomic E-state index is 6.45. The van der Waals surface area contributed by atoms with Crippen LogP contribution in [-0.4, -0.2) is 4.57 Å². The van der Waals surface area contributed by atoms with Crippen LogP contribution in [0.2, 0.25) is 0 Å². The van der Waals surface area contributed by atoms with Crippen LogP contribution in [0, 0.1) is 0 Å². The summed E-state index contributed by atoms with van der Waals surface area (Å²) in [5, 5.41) is 4.74. The lowest BCUT2D eigenvalue weighted by Crippen LogP contribution is -2.13. The summed E-state index contributed by atoms with van der Waals surface area (Å²) in [7, 11) is 0. The minimum absolute atomic E-state index is 0.903. The second kappa shape index (κ2) is 13.6. The Kier molecular flexibility index (Phi) is 7.82. The molecule has 0 N–H and O–H groups in total. The van der Waals surface area contributed by atoms with E-state index in [1.807, 2.05) is 12.1 Å². The smallest absolute Gasteiger partial charge is 0.143 e. The summed E-state index contributed by atoms with van der Waals surface area (Å²) in [5.41, 5.74) is 15.4.